The molecule has 1 saturated heterocycles. The molecule has 5 rings (SSSR count). The van der Waals surface area contributed by atoms with Crippen molar-refractivity contribution in [1.29, 1.82) is 0 Å². The molecule has 3 fully saturated rings. The zero-order valence-corrected chi connectivity index (χ0v) is 24.5. The summed E-state index contributed by atoms with van der Waals surface area (Å²) in [5.74, 6) is -2.32. The molecule has 7 atom stereocenters. The summed E-state index contributed by atoms with van der Waals surface area (Å²) >= 11 is 0. The van der Waals surface area contributed by atoms with Gasteiger partial charge in [-0.15, -0.1) is 0 Å². The third-order valence-electron chi connectivity index (χ3n) is 10.8. The lowest BCUT2D eigenvalue weighted by atomic mass is 9.40. The van der Waals surface area contributed by atoms with Gasteiger partial charge in [0.15, 0.2) is 0 Å². The van der Waals surface area contributed by atoms with E-state index >= 15 is 0 Å². The quantitative estimate of drug-likeness (QED) is 0.199. The molecule has 2 bridgehead atoms. The van der Waals surface area contributed by atoms with Crippen LogP contribution in [0.2, 0.25) is 0 Å². The van der Waals surface area contributed by atoms with Gasteiger partial charge in [-0.05, 0) is 56.6 Å². The predicted octanol–water partition coefficient (Wildman–Crippen LogP) is 5.67. The fourth-order valence-corrected chi connectivity index (χ4v) is 8.52. The zero-order chi connectivity index (χ0) is 29.2. The Bertz CT molecular complexity index is 1300. The number of cyclic esters (lactones) is 1. The molecule has 8 heteroatoms. The van der Waals surface area contributed by atoms with E-state index in [1.54, 1.807) is 32.4 Å². The molecular formula is C32H40O8. The molecule has 1 aromatic rings. The van der Waals surface area contributed by atoms with Gasteiger partial charge in [-0.1, -0.05) is 39.3 Å². The smallest absolute Gasteiger partial charge is 0.333 e. The second kappa shape index (κ2) is 9.74. The maximum absolute atomic E-state index is 14.5. The molecular weight excluding hydrogens is 512 g/mol. The number of carbonyl (C=O) groups is 4. The summed E-state index contributed by atoms with van der Waals surface area (Å²) in [4.78, 5) is 53.3. The van der Waals surface area contributed by atoms with Crippen molar-refractivity contribution in [3.05, 3.63) is 47.0 Å². The number of furan rings is 1. The Morgan fingerprint density at radius 2 is 1.90 bits per heavy atom. The van der Waals surface area contributed by atoms with Gasteiger partial charge in [-0.3, -0.25) is 14.4 Å². The van der Waals surface area contributed by atoms with Crippen molar-refractivity contribution in [3.8, 4) is 0 Å². The van der Waals surface area contributed by atoms with Crippen LogP contribution in [0.3, 0.4) is 0 Å². The predicted molar refractivity (Wildman–Crippen MR) is 144 cm³/mol. The van der Waals surface area contributed by atoms with Crippen molar-refractivity contribution in [2.45, 2.75) is 85.9 Å². The Kier molecular flexibility index (Phi) is 6.91. The number of Topliss-reactive ketones (excluding diaryl/α,β-unsaturated/α-hetero) is 1. The van der Waals surface area contributed by atoms with E-state index in [0.717, 1.165) is 23.1 Å². The first-order chi connectivity index (χ1) is 18.8. The number of allylic oxidation sites excluding steroid dienone is 2. The summed E-state index contributed by atoms with van der Waals surface area (Å²) < 4.78 is 22.5. The monoisotopic (exact) mass is 552 g/mol. The van der Waals surface area contributed by atoms with Crippen LogP contribution in [-0.4, -0.2) is 36.9 Å². The molecule has 2 heterocycles. The molecule has 2 saturated carbocycles. The van der Waals surface area contributed by atoms with Crippen LogP contribution in [0.15, 0.2) is 45.8 Å². The Morgan fingerprint density at radius 3 is 2.52 bits per heavy atom. The molecule has 0 N–H and O–H groups in total. The van der Waals surface area contributed by atoms with Gasteiger partial charge in [-0.2, -0.15) is 0 Å². The average molecular weight is 553 g/mol. The van der Waals surface area contributed by atoms with Crippen LogP contribution >= 0.6 is 0 Å². The first-order valence-electron chi connectivity index (χ1n) is 14.2. The second-order valence-electron chi connectivity index (χ2n) is 13.0. The third kappa shape index (κ3) is 4.00. The van der Waals surface area contributed by atoms with Gasteiger partial charge < -0.3 is 18.6 Å². The standard InChI is InChI=1S/C32H40O8/c1-8-17(2)29(36)40-28-20-13-19-21(32(6,26(20)35)23(30(28,3)4)15-24(33)37-7)9-11-31(5)22(19)14-25(34)39-27(31)18-10-12-38-16-18/h8,10,12,16,20-21,23,27-28H,9,11,13-15H2,1-7H3/b17-8-/t20-,21+,23+,27+,28-,31-,32-/m1/s1. The van der Waals surface area contributed by atoms with Crippen LogP contribution in [0.1, 0.15) is 85.3 Å². The Morgan fingerprint density at radius 1 is 1.18 bits per heavy atom. The first kappa shape index (κ1) is 28.4. The van der Waals surface area contributed by atoms with Crippen molar-refractivity contribution in [1.82, 2.24) is 0 Å². The molecule has 0 amide bonds. The number of carbonyl (C=O) groups excluding carboxylic acids is 4. The van der Waals surface area contributed by atoms with Crippen LogP contribution in [-0.2, 0) is 33.4 Å². The minimum absolute atomic E-state index is 0.0272. The Labute approximate surface area is 235 Å². The molecule has 1 aromatic heterocycles. The average Bonchev–Trinajstić information content (AvgIpc) is 3.45. The number of ketones is 1. The SMILES string of the molecule is C/C=C(/C)C(=O)O[C@@H]1[C@@H]2CC3=C4CC(=O)O[C@@H](c5ccoc5)[C@]4(C)CC[C@@H]3[C@@](C)(C2=O)[C@@H](CC(=O)OC)C1(C)C. The molecule has 3 aliphatic carbocycles. The van der Waals surface area contributed by atoms with Crippen LogP contribution in [0.4, 0.5) is 0 Å². The summed E-state index contributed by atoms with van der Waals surface area (Å²) in [5, 5.41) is 0. The van der Waals surface area contributed by atoms with E-state index in [-0.39, 0.29) is 30.5 Å². The number of hydrogen-bond acceptors (Lipinski definition) is 8. The maximum atomic E-state index is 14.5. The number of ether oxygens (including phenoxy) is 3. The van der Waals surface area contributed by atoms with Crippen molar-refractivity contribution >= 4 is 23.7 Å². The van der Waals surface area contributed by atoms with E-state index in [9.17, 15) is 19.2 Å². The minimum atomic E-state index is -0.894. The van der Waals surface area contributed by atoms with Crippen molar-refractivity contribution in [2.75, 3.05) is 7.11 Å². The summed E-state index contributed by atoms with van der Waals surface area (Å²) in [7, 11) is 1.35. The van der Waals surface area contributed by atoms with Gasteiger partial charge in [0.25, 0.3) is 0 Å². The largest absolute Gasteiger partial charge is 0.472 e. The first-order valence-corrected chi connectivity index (χ1v) is 14.2. The van der Waals surface area contributed by atoms with Crippen LogP contribution in [0, 0.1) is 34.0 Å². The highest BCUT2D eigenvalue weighted by Gasteiger charge is 2.68. The molecule has 0 radical (unpaired) electrons. The van der Waals surface area contributed by atoms with Crippen molar-refractivity contribution in [2.24, 2.45) is 34.0 Å². The summed E-state index contributed by atoms with van der Waals surface area (Å²) in [6, 6.07) is 1.83. The fourth-order valence-electron chi connectivity index (χ4n) is 8.52. The van der Waals surface area contributed by atoms with Gasteiger partial charge in [-0.25, -0.2) is 4.79 Å². The van der Waals surface area contributed by atoms with E-state index < -0.39 is 52.2 Å². The number of fused-ring (bicyclic) bond motifs is 5. The highest BCUT2D eigenvalue weighted by Crippen LogP contribution is 2.68. The van der Waals surface area contributed by atoms with E-state index in [1.165, 1.54) is 7.11 Å². The van der Waals surface area contributed by atoms with Gasteiger partial charge in [0.1, 0.15) is 18.0 Å². The van der Waals surface area contributed by atoms with Gasteiger partial charge >= 0.3 is 17.9 Å². The Hall–Kier alpha value is -3.16. The number of rotatable bonds is 5. The third-order valence-corrected chi connectivity index (χ3v) is 10.8. The lowest BCUT2D eigenvalue weighted by molar-refractivity contribution is -0.197. The molecule has 4 aliphatic rings. The van der Waals surface area contributed by atoms with E-state index in [0.29, 0.717) is 18.4 Å². The van der Waals surface area contributed by atoms with Crippen molar-refractivity contribution < 1.29 is 37.8 Å². The molecule has 8 nitrogen and oxygen atoms in total. The summed E-state index contributed by atoms with van der Waals surface area (Å²) in [5.41, 5.74) is 1.32. The highest BCUT2D eigenvalue weighted by molar-refractivity contribution is 5.93. The maximum Gasteiger partial charge on any atom is 0.333 e. The highest BCUT2D eigenvalue weighted by atomic mass is 16.6. The molecule has 1 aliphatic heterocycles. The van der Waals surface area contributed by atoms with Crippen molar-refractivity contribution in [3.63, 3.8) is 0 Å². The number of methoxy groups -OCH3 is 1. The minimum Gasteiger partial charge on any atom is -0.472 e. The topological polar surface area (TPSA) is 109 Å². The Balaban J connectivity index is 1.68. The zero-order valence-electron chi connectivity index (χ0n) is 24.5. The van der Waals surface area contributed by atoms with Crippen LogP contribution in [0.5, 0.6) is 0 Å². The van der Waals surface area contributed by atoms with Crippen LogP contribution < -0.4 is 0 Å². The number of hydrogen-bond donors (Lipinski definition) is 0. The molecule has 0 unspecified atom stereocenters. The molecule has 216 valence electrons. The van der Waals surface area contributed by atoms with Gasteiger partial charge in [0.2, 0.25) is 0 Å². The summed E-state index contributed by atoms with van der Waals surface area (Å²) in [6.07, 6.45) is 5.69. The normalized spacial score (nSPS) is 36.8. The molecule has 0 aromatic carbocycles. The lowest BCUT2D eigenvalue weighted by Gasteiger charge is -2.63. The van der Waals surface area contributed by atoms with E-state index in [2.05, 4.69) is 6.92 Å². The second-order valence-corrected chi connectivity index (χ2v) is 13.0. The van der Waals surface area contributed by atoms with Crippen LogP contribution in [0.25, 0.3) is 0 Å². The lowest BCUT2D eigenvalue weighted by Crippen LogP contribution is -2.66. The van der Waals surface area contributed by atoms with Gasteiger partial charge in [0, 0.05) is 33.8 Å². The summed E-state index contributed by atoms with van der Waals surface area (Å²) in [6.45, 7) is 11.6. The fraction of sp³-hybridized carbons (Fsp3) is 0.625. The van der Waals surface area contributed by atoms with E-state index in [4.69, 9.17) is 18.6 Å². The van der Waals surface area contributed by atoms with E-state index in [1.807, 2.05) is 26.8 Å². The number of esters is 3. The van der Waals surface area contributed by atoms with Gasteiger partial charge in [0.05, 0.1) is 32.0 Å². The molecule has 0 spiro atoms. The molecule has 40 heavy (non-hydrogen) atoms.